The molecule has 0 aromatic carbocycles. The summed E-state index contributed by atoms with van der Waals surface area (Å²) in [6, 6.07) is 0. The standard InChI is InChI=1S/C15H20O4/c1-8(2)6-15-12-9(5-10(16)13(15)19-15)11(17)7-14(3,4)18-12/h6,10,13,16H,5,7H2,1-4H3/t10-,13+,15-/m1/s1. The molecule has 104 valence electrons. The Hall–Kier alpha value is -1.13. The van der Waals surface area contributed by atoms with Crippen molar-refractivity contribution in [1.29, 1.82) is 0 Å². The number of fused-ring (bicyclic) bond motifs is 2. The first-order valence-corrected chi connectivity index (χ1v) is 6.73. The van der Waals surface area contributed by atoms with Crippen molar-refractivity contribution in [3.05, 3.63) is 23.0 Å². The summed E-state index contributed by atoms with van der Waals surface area (Å²) in [4.78, 5) is 12.3. The molecule has 3 aliphatic rings. The summed E-state index contributed by atoms with van der Waals surface area (Å²) < 4.78 is 11.8. The first-order chi connectivity index (χ1) is 8.75. The minimum Gasteiger partial charge on any atom is -0.488 e. The number of hydrogen-bond donors (Lipinski definition) is 1. The molecule has 0 bridgehead atoms. The Bertz CT molecular complexity index is 510. The first-order valence-electron chi connectivity index (χ1n) is 6.73. The lowest BCUT2D eigenvalue weighted by Crippen LogP contribution is -2.43. The van der Waals surface area contributed by atoms with Crippen molar-refractivity contribution in [3.8, 4) is 0 Å². The number of carbonyl (C=O) groups excluding carboxylic acids is 1. The van der Waals surface area contributed by atoms with Gasteiger partial charge in [-0.1, -0.05) is 5.57 Å². The van der Waals surface area contributed by atoms with E-state index in [4.69, 9.17) is 9.47 Å². The van der Waals surface area contributed by atoms with E-state index in [1.165, 1.54) is 0 Å². The lowest BCUT2D eigenvalue weighted by molar-refractivity contribution is -0.125. The van der Waals surface area contributed by atoms with Crippen LogP contribution in [0.3, 0.4) is 0 Å². The van der Waals surface area contributed by atoms with Crippen molar-refractivity contribution in [3.63, 3.8) is 0 Å². The number of epoxide rings is 1. The predicted octanol–water partition coefficient (Wildman–Crippen LogP) is 1.88. The third-order valence-electron chi connectivity index (χ3n) is 3.88. The molecule has 4 nitrogen and oxygen atoms in total. The monoisotopic (exact) mass is 264 g/mol. The summed E-state index contributed by atoms with van der Waals surface area (Å²) in [5.41, 5.74) is 0.483. The fraction of sp³-hybridized carbons (Fsp3) is 0.667. The summed E-state index contributed by atoms with van der Waals surface area (Å²) in [5, 5.41) is 10.1. The van der Waals surface area contributed by atoms with Crippen LogP contribution in [0.5, 0.6) is 0 Å². The van der Waals surface area contributed by atoms with E-state index in [0.717, 1.165) is 5.57 Å². The SMILES string of the molecule is CC(C)=C[C@]12O[C@H]1[C@H](O)CC1=C2OC(C)(C)CC1=O. The molecule has 0 spiro atoms. The van der Waals surface area contributed by atoms with Gasteiger partial charge in [0.15, 0.2) is 11.4 Å². The van der Waals surface area contributed by atoms with Crippen LogP contribution >= 0.6 is 0 Å². The van der Waals surface area contributed by atoms with Gasteiger partial charge < -0.3 is 14.6 Å². The molecular weight excluding hydrogens is 244 g/mol. The molecule has 1 fully saturated rings. The molecule has 2 heterocycles. The molecule has 1 aliphatic carbocycles. The number of hydrogen-bond acceptors (Lipinski definition) is 4. The summed E-state index contributed by atoms with van der Waals surface area (Å²) in [6.07, 6.45) is 1.76. The Labute approximate surface area is 113 Å². The van der Waals surface area contributed by atoms with Gasteiger partial charge in [0.25, 0.3) is 0 Å². The molecule has 19 heavy (non-hydrogen) atoms. The molecule has 0 amide bonds. The number of ketones is 1. The molecule has 0 aromatic rings. The molecule has 1 N–H and O–H groups in total. The van der Waals surface area contributed by atoms with E-state index in [-0.39, 0.29) is 11.9 Å². The van der Waals surface area contributed by atoms with Crippen molar-refractivity contribution in [2.75, 3.05) is 0 Å². The van der Waals surface area contributed by atoms with Crippen LogP contribution in [-0.2, 0) is 14.3 Å². The highest BCUT2D eigenvalue weighted by Crippen LogP contribution is 2.55. The zero-order valence-corrected chi connectivity index (χ0v) is 11.8. The van der Waals surface area contributed by atoms with Crippen LogP contribution < -0.4 is 0 Å². The predicted molar refractivity (Wildman–Crippen MR) is 69.5 cm³/mol. The van der Waals surface area contributed by atoms with E-state index in [2.05, 4.69) is 0 Å². The van der Waals surface area contributed by atoms with Crippen molar-refractivity contribution in [2.24, 2.45) is 0 Å². The minimum atomic E-state index is -0.709. The van der Waals surface area contributed by atoms with Gasteiger partial charge >= 0.3 is 0 Å². The molecule has 2 aliphatic heterocycles. The highest BCUT2D eigenvalue weighted by atomic mass is 16.7. The zero-order chi connectivity index (χ0) is 14.0. The van der Waals surface area contributed by atoms with Crippen LogP contribution in [0.4, 0.5) is 0 Å². The normalized spacial score (nSPS) is 39.1. The second-order valence-corrected chi connectivity index (χ2v) is 6.59. The molecule has 1 saturated heterocycles. The van der Waals surface area contributed by atoms with Crippen molar-refractivity contribution >= 4 is 5.78 Å². The number of aliphatic hydroxyl groups is 1. The third kappa shape index (κ3) is 1.85. The summed E-state index contributed by atoms with van der Waals surface area (Å²) in [5.74, 6) is 0.700. The maximum Gasteiger partial charge on any atom is 0.173 e. The zero-order valence-electron chi connectivity index (χ0n) is 11.8. The van der Waals surface area contributed by atoms with Gasteiger partial charge in [-0.05, 0) is 33.8 Å². The summed E-state index contributed by atoms with van der Waals surface area (Å²) in [7, 11) is 0. The van der Waals surface area contributed by atoms with Crippen LogP contribution in [-0.4, -0.2) is 34.3 Å². The molecule has 0 aromatic heterocycles. The molecule has 0 saturated carbocycles. The number of ether oxygens (including phenoxy) is 2. The quantitative estimate of drug-likeness (QED) is 0.580. The highest BCUT2D eigenvalue weighted by molar-refractivity contribution is 5.98. The van der Waals surface area contributed by atoms with E-state index < -0.39 is 17.3 Å². The average molecular weight is 264 g/mol. The van der Waals surface area contributed by atoms with Crippen LogP contribution in [0.25, 0.3) is 0 Å². The second-order valence-electron chi connectivity index (χ2n) is 6.59. The Morgan fingerprint density at radius 3 is 2.74 bits per heavy atom. The molecular formula is C15H20O4. The van der Waals surface area contributed by atoms with E-state index >= 15 is 0 Å². The van der Waals surface area contributed by atoms with Crippen LogP contribution in [0.15, 0.2) is 23.0 Å². The first kappa shape index (κ1) is 12.9. The average Bonchev–Trinajstić information content (AvgIpc) is 2.95. The topological polar surface area (TPSA) is 59.1 Å². The molecule has 0 radical (unpaired) electrons. The van der Waals surface area contributed by atoms with E-state index in [0.29, 0.717) is 24.2 Å². The summed E-state index contributed by atoms with van der Waals surface area (Å²) in [6.45, 7) is 7.77. The van der Waals surface area contributed by atoms with Crippen LogP contribution in [0, 0.1) is 0 Å². The molecule has 4 heteroatoms. The number of Topliss-reactive ketones (excluding diaryl/α,β-unsaturated/α-hetero) is 1. The Morgan fingerprint density at radius 2 is 2.11 bits per heavy atom. The molecule has 3 rings (SSSR count). The van der Waals surface area contributed by atoms with Crippen molar-refractivity contribution in [1.82, 2.24) is 0 Å². The van der Waals surface area contributed by atoms with Crippen molar-refractivity contribution < 1.29 is 19.4 Å². The van der Waals surface area contributed by atoms with E-state index in [1.54, 1.807) is 0 Å². The van der Waals surface area contributed by atoms with Crippen LogP contribution in [0.2, 0.25) is 0 Å². The maximum absolute atomic E-state index is 12.3. The van der Waals surface area contributed by atoms with Crippen LogP contribution in [0.1, 0.15) is 40.5 Å². The lowest BCUT2D eigenvalue weighted by Gasteiger charge is -2.37. The van der Waals surface area contributed by atoms with Gasteiger partial charge in [0.05, 0.1) is 12.5 Å². The Morgan fingerprint density at radius 1 is 1.42 bits per heavy atom. The van der Waals surface area contributed by atoms with Gasteiger partial charge in [0.2, 0.25) is 0 Å². The van der Waals surface area contributed by atoms with Gasteiger partial charge in [-0.25, -0.2) is 0 Å². The smallest absolute Gasteiger partial charge is 0.173 e. The van der Waals surface area contributed by atoms with Gasteiger partial charge in [-0.15, -0.1) is 0 Å². The third-order valence-corrected chi connectivity index (χ3v) is 3.88. The highest BCUT2D eigenvalue weighted by Gasteiger charge is 2.67. The fourth-order valence-electron chi connectivity index (χ4n) is 3.17. The summed E-state index contributed by atoms with van der Waals surface area (Å²) >= 11 is 0. The Balaban J connectivity index is 2.10. The molecule has 3 atom stereocenters. The minimum absolute atomic E-state index is 0.0702. The van der Waals surface area contributed by atoms with Gasteiger partial charge in [-0.3, -0.25) is 4.79 Å². The number of aliphatic hydroxyl groups excluding tert-OH is 1. The van der Waals surface area contributed by atoms with Gasteiger partial charge in [0, 0.05) is 12.0 Å². The van der Waals surface area contributed by atoms with Crippen molar-refractivity contribution in [2.45, 2.75) is 63.9 Å². The molecule has 0 unspecified atom stereocenters. The number of allylic oxidation sites excluding steroid dienone is 1. The second kappa shape index (κ2) is 3.70. The lowest BCUT2D eigenvalue weighted by atomic mass is 9.79. The van der Waals surface area contributed by atoms with E-state index in [1.807, 2.05) is 33.8 Å². The Kier molecular flexibility index (Phi) is 2.51. The fourth-order valence-corrected chi connectivity index (χ4v) is 3.17. The number of rotatable bonds is 1. The number of carbonyl (C=O) groups is 1. The largest absolute Gasteiger partial charge is 0.488 e. The van der Waals surface area contributed by atoms with E-state index in [9.17, 15) is 9.90 Å². The van der Waals surface area contributed by atoms with Gasteiger partial charge in [0.1, 0.15) is 17.5 Å². The van der Waals surface area contributed by atoms with Gasteiger partial charge in [-0.2, -0.15) is 0 Å². The maximum atomic E-state index is 12.3.